The molecule has 0 spiro atoms. The first kappa shape index (κ1) is 14.7. The molecule has 3 heterocycles. The third kappa shape index (κ3) is 2.96. The average Bonchev–Trinajstić information content (AvgIpc) is 3.21. The fourth-order valence-corrected chi connectivity index (χ4v) is 3.09. The predicted octanol–water partition coefficient (Wildman–Crippen LogP) is 4.40. The molecule has 0 aliphatic rings. The van der Waals surface area contributed by atoms with Crippen LogP contribution in [0.2, 0.25) is 0 Å². The van der Waals surface area contributed by atoms with Crippen LogP contribution in [0.1, 0.15) is 11.5 Å². The molecule has 4 aromatic rings. The highest BCUT2D eigenvalue weighted by Gasteiger charge is 2.09. The molecule has 1 aromatic carbocycles. The van der Waals surface area contributed by atoms with E-state index in [4.69, 9.17) is 13.6 Å². The van der Waals surface area contributed by atoms with Crippen molar-refractivity contribution in [1.29, 1.82) is 0 Å². The van der Waals surface area contributed by atoms with Crippen LogP contribution in [0, 0.1) is 6.92 Å². The summed E-state index contributed by atoms with van der Waals surface area (Å²) in [6, 6.07) is 12.3. The molecule has 0 amide bonds. The van der Waals surface area contributed by atoms with Crippen LogP contribution in [-0.4, -0.2) is 4.98 Å². The highest BCUT2D eigenvalue weighted by Crippen LogP contribution is 2.26. The molecule has 0 bridgehead atoms. The van der Waals surface area contributed by atoms with Gasteiger partial charge in [-0.05, 0) is 37.3 Å². The van der Waals surface area contributed by atoms with Crippen molar-refractivity contribution in [2.24, 2.45) is 0 Å². The molecule has 0 unspecified atom stereocenters. The van der Waals surface area contributed by atoms with Crippen LogP contribution in [0.15, 0.2) is 61.5 Å². The maximum atomic E-state index is 11.3. The molecule has 24 heavy (non-hydrogen) atoms. The summed E-state index contributed by atoms with van der Waals surface area (Å²) >= 11 is 1.51. The van der Waals surface area contributed by atoms with Gasteiger partial charge >= 0.3 is 5.63 Å². The van der Waals surface area contributed by atoms with Gasteiger partial charge in [0.05, 0.1) is 5.69 Å². The molecule has 4 rings (SSSR count). The van der Waals surface area contributed by atoms with E-state index in [0.29, 0.717) is 17.9 Å². The zero-order chi connectivity index (χ0) is 16.5. The largest absolute Gasteiger partial charge is 0.487 e. The Hall–Kier alpha value is -2.86. The standard InChI is InChI=1S/C18H13NO4S/c1-11-2-6-15(22-11)18-19-13(10-24-18)9-21-14-5-3-12-4-7-17(20)23-16(12)8-14/h2-8,10H,9H2,1H3. The van der Waals surface area contributed by atoms with Crippen molar-refractivity contribution in [2.45, 2.75) is 13.5 Å². The van der Waals surface area contributed by atoms with E-state index in [1.165, 1.54) is 17.4 Å². The molecule has 0 aliphatic carbocycles. The van der Waals surface area contributed by atoms with E-state index in [1.54, 1.807) is 12.1 Å². The van der Waals surface area contributed by atoms with Gasteiger partial charge in [-0.25, -0.2) is 9.78 Å². The Morgan fingerprint density at radius 2 is 2.00 bits per heavy atom. The van der Waals surface area contributed by atoms with Crippen LogP contribution in [0.5, 0.6) is 5.75 Å². The highest BCUT2D eigenvalue weighted by molar-refractivity contribution is 7.13. The number of rotatable bonds is 4. The number of ether oxygens (including phenoxy) is 1. The number of aryl methyl sites for hydroxylation is 1. The van der Waals surface area contributed by atoms with E-state index >= 15 is 0 Å². The van der Waals surface area contributed by atoms with E-state index in [9.17, 15) is 4.79 Å². The Morgan fingerprint density at radius 1 is 1.12 bits per heavy atom. The van der Waals surface area contributed by atoms with Crippen molar-refractivity contribution in [1.82, 2.24) is 4.98 Å². The maximum absolute atomic E-state index is 11.3. The zero-order valence-electron chi connectivity index (χ0n) is 12.8. The van der Waals surface area contributed by atoms with Gasteiger partial charge in [-0.1, -0.05) is 0 Å². The summed E-state index contributed by atoms with van der Waals surface area (Å²) in [4.78, 5) is 15.8. The zero-order valence-corrected chi connectivity index (χ0v) is 13.6. The lowest BCUT2D eigenvalue weighted by Crippen LogP contribution is -1.97. The Labute approximate surface area is 141 Å². The van der Waals surface area contributed by atoms with E-state index in [2.05, 4.69) is 4.98 Å². The van der Waals surface area contributed by atoms with Gasteiger partial charge in [0.25, 0.3) is 0 Å². The van der Waals surface area contributed by atoms with Crippen molar-refractivity contribution < 1.29 is 13.6 Å². The summed E-state index contributed by atoms with van der Waals surface area (Å²) in [5, 5.41) is 3.62. The lowest BCUT2D eigenvalue weighted by molar-refractivity contribution is 0.302. The average molecular weight is 339 g/mol. The Bertz CT molecular complexity index is 1060. The number of hydrogen-bond acceptors (Lipinski definition) is 6. The number of thiazole rings is 1. The summed E-state index contributed by atoms with van der Waals surface area (Å²) in [5.41, 5.74) is 0.946. The first-order valence-electron chi connectivity index (χ1n) is 7.35. The summed E-state index contributed by atoms with van der Waals surface area (Å²) < 4.78 is 16.5. The summed E-state index contributed by atoms with van der Waals surface area (Å²) in [7, 11) is 0. The van der Waals surface area contributed by atoms with E-state index in [-0.39, 0.29) is 5.63 Å². The van der Waals surface area contributed by atoms with Crippen LogP contribution in [-0.2, 0) is 6.61 Å². The molecule has 0 atom stereocenters. The minimum atomic E-state index is -0.377. The summed E-state index contributed by atoms with van der Waals surface area (Å²) in [6.45, 7) is 2.23. The van der Waals surface area contributed by atoms with Gasteiger partial charge < -0.3 is 13.6 Å². The van der Waals surface area contributed by atoms with Crippen LogP contribution < -0.4 is 10.4 Å². The van der Waals surface area contributed by atoms with Crippen LogP contribution >= 0.6 is 11.3 Å². The number of nitrogens with zero attached hydrogens (tertiary/aromatic N) is 1. The van der Waals surface area contributed by atoms with Crippen LogP contribution in [0.4, 0.5) is 0 Å². The highest BCUT2D eigenvalue weighted by atomic mass is 32.1. The second-order valence-corrected chi connectivity index (χ2v) is 6.16. The minimum absolute atomic E-state index is 0.332. The smallest absolute Gasteiger partial charge is 0.336 e. The van der Waals surface area contributed by atoms with Crippen LogP contribution in [0.3, 0.4) is 0 Å². The van der Waals surface area contributed by atoms with Gasteiger partial charge in [0.1, 0.15) is 23.7 Å². The summed E-state index contributed by atoms with van der Waals surface area (Å²) in [6.07, 6.45) is 0. The third-order valence-electron chi connectivity index (χ3n) is 3.48. The Kier molecular flexibility index (Phi) is 3.66. The topological polar surface area (TPSA) is 65.5 Å². The Morgan fingerprint density at radius 3 is 2.83 bits per heavy atom. The molecular formula is C18H13NO4S. The lowest BCUT2D eigenvalue weighted by atomic mass is 10.2. The van der Waals surface area contributed by atoms with Gasteiger partial charge in [0, 0.05) is 22.9 Å². The number of hydrogen-bond donors (Lipinski definition) is 0. The predicted molar refractivity (Wildman–Crippen MR) is 91.4 cm³/mol. The molecule has 0 saturated heterocycles. The first-order valence-corrected chi connectivity index (χ1v) is 8.23. The number of furan rings is 1. The molecule has 5 nitrogen and oxygen atoms in total. The van der Waals surface area contributed by atoms with E-state index in [0.717, 1.165) is 27.6 Å². The van der Waals surface area contributed by atoms with Gasteiger partial charge in [0.15, 0.2) is 10.8 Å². The van der Waals surface area contributed by atoms with E-state index in [1.807, 2.05) is 36.6 Å². The fraction of sp³-hybridized carbons (Fsp3) is 0.111. The second-order valence-electron chi connectivity index (χ2n) is 5.30. The van der Waals surface area contributed by atoms with Gasteiger partial charge in [-0.2, -0.15) is 0 Å². The van der Waals surface area contributed by atoms with E-state index < -0.39 is 0 Å². The maximum Gasteiger partial charge on any atom is 0.336 e. The molecule has 120 valence electrons. The summed E-state index contributed by atoms with van der Waals surface area (Å²) in [5.74, 6) is 2.24. The van der Waals surface area contributed by atoms with Crippen molar-refractivity contribution in [3.8, 4) is 16.5 Å². The quantitative estimate of drug-likeness (QED) is 0.516. The molecule has 0 N–H and O–H groups in total. The first-order chi connectivity index (χ1) is 11.7. The van der Waals surface area contributed by atoms with Crippen molar-refractivity contribution in [3.63, 3.8) is 0 Å². The lowest BCUT2D eigenvalue weighted by Gasteiger charge is -2.04. The van der Waals surface area contributed by atoms with Gasteiger partial charge in [0.2, 0.25) is 0 Å². The van der Waals surface area contributed by atoms with Crippen molar-refractivity contribution in [2.75, 3.05) is 0 Å². The van der Waals surface area contributed by atoms with Crippen LogP contribution in [0.25, 0.3) is 21.7 Å². The van der Waals surface area contributed by atoms with Gasteiger partial charge in [-0.3, -0.25) is 0 Å². The molecule has 0 fully saturated rings. The monoisotopic (exact) mass is 339 g/mol. The number of benzene rings is 1. The number of fused-ring (bicyclic) bond motifs is 1. The minimum Gasteiger partial charge on any atom is -0.487 e. The SMILES string of the molecule is Cc1ccc(-c2nc(COc3ccc4ccc(=O)oc4c3)cs2)o1. The molecule has 0 radical (unpaired) electrons. The second kappa shape index (κ2) is 5.98. The normalized spacial score (nSPS) is 11.0. The molecule has 0 saturated carbocycles. The van der Waals surface area contributed by atoms with Crippen molar-refractivity contribution >= 4 is 22.3 Å². The molecular weight excluding hydrogens is 326 g/mol. The van der Waals surface area contributed by atoms with Crippen molar-refractivity contribution in [3.05, 3.63) is 69.7 Å². The number of aromatic nitrogens is 1. The molecule has 6 heteroatoms. The Balaban J connectivity index is 1.50. The molecule has 3 aromatic heterocycles. The molecule has 0 aliphatic heterocycles. The third-order valence-corrected chi connectivity index (χ3v) is 4.39. The fourth-order valence-electron chi connectivity index (χ4n) is 2.32. The van der Waals surface area contributed by atoms with Gasteiger partial charge in [-0.15, -0.1) is 11.3 Å².